The first kappa shape index (κ1) is 16.1. The second kappa shape index (κ2) is 7.11. The Morgan fingerprint density at radius 1 is 0.952 bits per heavy atom. The van der Waals surface area contributed by atoms with Crippen LogP contribution >= 0.6 is 11.6 Å². The van der Waals surface area contributed by atoms with Crippen molar-refractivity contribution in [1.29, 1.82) is 0 Å². The van der Waals surface area contributed by atoms with Crippen LogP contribution in [0.3, 0.4) is 0 Å². The van der Waals surface area contributed by atoms with Gasteiger partial charge in [-0.25, -0.2) is 0 Å². The molecule has 2 rings (SSSR count). The SMILES string of the molecule is Cc1ccc(C(C)NC(C)Cc2ccc(Cl)cc2)cc1C. The van der Waals surface area contributed by atoms with E-state index in [1.807, 2.05) is 12.1 Å². The summed E-state index contributed by atoms with van der Waals surface area (Å²) in [6, 6.07) is 15.6. The molecule has 2 aromatic rings. The van der Waals surface area contributed by atoms with E-state index in [1.54, 1.807) is 0 Å². The standard InChI is InChI=1S/C19H24ClN/c1-13-5-8-18(11-14(13)2)16(4)21-15(3)12-17-6-9-19(20)10-7-17/h5-11,15-16,21H,12H2,1-4H3. The van der Waals surface area contributed by atoms with E-state index < -0.39 is 0 Å². The van der Waals surface area contributed by atoms with Crippen molar-refractivity contribution in [3.05, 3.63) is 69.7 Å². The van der Waals surface area contributed by atoms with Crippen LogP contribution in [0.4, 0.5) is 0 Å². The lowest BCUT2D eigenvalue weighted by Gasteiger charge is -2.21. The molecule has 0 radical (unpaired) electrons. The molecule has 0 saturated carbocycles. The first-order valence-corrected chi connectivity index (χ1v) is 7.91. The molecule has 0 aliphatic rings. The van der Waals surface area contributed by atoms with Crippen molar-refractivity contribution in [1.82, 2.24) is 5.32 Å². The molecule has 2 aromatic carbocycles. The molecular weight excluding hydrogens is 278 g/mol. The molecule has 0 aliphatic carbocycles. The van der Waals surface area contributed by atoms with Gasteiger partial charge in [0.15, 0.2) is 0 Å². The minimum Gasteiger partial charge on any atom is -0.307 e. The van der Waals surface area contributed by atoms with Crippen molar-refractivity contribution < 1.29 is 0 Å². The van der Waals surface area contributed by atoms with Gasteiger partial charge in [0, 0.05) is 17.1 Å². The van der Waals surface area contributed by atoms with Crippen LogP contribution in [0, 0.1) is 13.8 Å². The summed E-state index contributed by atoms with van der Waals surface area (Å²) in [6.07, 6.45) is 1.01. The van der Waals surface area contributed by atoms with Crippen molar-refractivity contribution in [2.75, 3.05) is 0 Å². The fourth-order valence-electron chi connectivity index (χ4n) is 2.59. The van der Waals surface area contributed by atoms with Crippen LogP contribution in [0.5, 0.6) is 0 Å². The van der Waals surface area contributed by atoms with Crippen LogP contribution in [0.15, 0.2) is 42.5 Å². The fraction of sp³-hybridized carbons (Fsp3) is 0.368. The van der Waals surface area contributed by atoms with Gasteiger partial charge in [-0.2, -0.15) is 0 Å². The highest BCUT2D eigenvalue weighted by Gasteiger charge is 2.10. The molecule has 0 bridgehead atoms. The molecule has 0 saturated heterocycles. The Morgan fingerprint density at radius 2 is 1.62 bits per heavy atom. The van der Waals surface area contributed by atoms with Gasteiger partial charge in [-0.1, -0.05) is 41.9 Å². The molecule has 2 heteroatoms. The number of rotatable bonds is 5. The summed E-state index contributed by atoms with van der Waals surface area (Å²) in [7, 11) is 0. The molecule has 21 heavy (non-hydrogen) atoms. The van der Waals surface area contributed by atoms with Gasteiger partial charge in [-0.05, 0) is 68.5 Å². The summed E-state index contributed by atoms with van der Waals surface area (Å²) >= 11 is 5.92. The molecule has 0 fully saturated rings. The summed E-state index contributed by atoms with van der Waals surface area (Å²) in [5.41, 5.74) is 5.36. The van der Waals surface area contributed by atoms with E-state index >= 15 is 0 Å². The van der Waals surface area contributed by atoms with Crippen molar-refractivity contribution in [3.63, 3.8) is 0 Å². The molecule has 1 nitrogen and oxygen atoms in total. The summed E-state index contributed by atoms with van der Waals surface area (Å²) < 4.78 is 0. The third-order valence-electron chi connectivity index (χ3n) is 4.02. The molecule has 0 aromatic heterocycles. The van der Waals surface area contributed by atoms with Crippen LogP contribution in [-0.2, 0) is 6.42 Å². The van der Waals surface area contributed by atoms with Gasteiger partial charge in [0.2, 0.25) is 0 Å². The van der Waals surface area contributed by atoms with Crippen LogP contribution < -0.4 is 5.32 Å². The first-order chi connectivity index (χ1) is 9.95. The number of halogens is 1. The molecule has 0 amide bonds. The molecule has 1 N–H and O–H groups in total. The van der Waals surface area contributed by atoms with Crippen LogP contribution in [0.25, 0.3) is 0 Å². The van der Waals surface area contributed by atoms with E-state index in [9.17, 15) is 0 Å². The lowest BCUT2D eigenvalue weighted by atomic mass is 10.0. The smallest absolute Gasteiger partial charge is 0.0406 e. The number of hydrogen-bond donors (Lipinski definition) is 1. The largest absolute Gasteiger partial charge is 0.307 e. The highest BCUT2D eigenvalue weighted by Crippen LogP contribution is 2.18. The normalized spacial score (nSPS) is 14.0. The average molecular weight is 302 g/mol. The van der Waals surface area contributed by atoms with Gasteiger partial charge in [0.1, 0.15) is 0 Å². The summed E-state index contributed by atoms with van der Waals surface area (Å²) in [5, 5.41) is 4.47. The van der Waals surface area contributed by atoms with Crippen LogP contribution in [-0.4, -0.2) is 6.04 Å². The minimum absolute atomic E-state index is 0.353. The first-order valence-electron chi connectivity index (χ1n) is 7.53. The van der Waals surface area contributed by atoms with Crippen molar-refractivity contribution in [3.8, 4) is 0 Å². The van der Waals surface area contributed by atoms with E-state index in [1.165, 1.54) is 22.3 Å². The molecule has 2 atom stereocenters. The van der Waals surface area contributed by atoms with E-state index in [4.69, 9.17) is 11.6 Å². The van der Waals surface area contributed by atoms with Gasteiger partial charge >= 0.3 is 0 Å². The molecule has 0 spiro atoms. The third-order valence-corrected chi connectivity index (χ3v) is 4.27. The van der Waals surface area contributed by atoms with Crippen molar-refractivity contribution in [2.45, 2.75) is 46.2 Å². The second-order valence-corrected chi connectivity index (χ2v) is 6.40. The number of nitrogens with one attached hydrogen (secondary N) is 1. The van der Waals surface area contributed by atoms with Crippen LogP contribution in [0.1, 0.15) is 42.1 Å². The lowest BCUT2D eigenvalue weighted by Crippen LogP contribution is -2.30. The zero-order chi connectivity index (χ0) is 15.4. The maximum atomic E-state index is 5.92. The van der Waals surface area contributed by atoms with Crippen molar-refractivity contribution >= 4 is 11.6 Å². The van der Waals surface area contributed by atoms with Gasteiger partial charge in [0.05, 0.1) is 0 Å². The molecule has 2 unspecified atom stereocenters. The third kappa shape index (κ3) is 4.59. The second-order valence-electron chi connectivity index (χ2n) is 5.96. The summed E-state index contributed by atoms with van der Waals surface area (Å²) in [4.78, 5) is 0. The quantitative estimate of drug-likeness (QED) is 0.796. The van der Waals surface area contributed by atoms with Crippen LogP contribution in [0.2, 0.25) is 5.02 Å². The maximum absolute atomic E-state index is 5.92. The molecule has 0 heterocycles. The minimum atomic E-state index is 0.353. The van der Waals surface area contributed by atoms with E-state index in [2.05, 4.69) is 63.3 Å². The Balaban J connectivity index is 1.96. The number of aryl methyl sites for hydroxylation is 2. The predicted octanol–water partition coefficient (Wildman–Crippen LogP) is 5.24. The van der Waals surface area contributed by atoms with Gasteiger partial charge < -0.3 is 5.32 Å². The molecule has 112 valence electrons. The van der Waals surface area contributed by atoms with Gasteiger partial charge in [0.25, 0.3) is 0 Å². The maximum Gasteiger partial charge on any atom is 0.0406 e. The van der Waals surface area contributed by atoms with Gasteiger partial charge in [-0.15, -0.1) is 0 Å². The number of hydrogen-bond acceptors (Lipinski definition) is 1. The predicted molar refractivity (Wildman–Crippen MR) is 92.1 cm³/mol. The Morgan fingerprint density at radius 3 is 2.24 bits per heavy atom. The Hall–Kier alpha value is -1.31. The van der Waals surface area contributed by atoms with E-state index in [0.717, 1.165) is 11.4 Å². The molecule has 0 aliphatic heterocycles. The monoisotopic (exact) mass is 301 g/mol. The highest BCUT2D eigenvalue weighted by atomic mass is 35.5. The van der Waals surface area contributed by atoms with Crippen molar-refractivity contribution in [2.24, 2.45) is 0 Å². The van der Waals surface area contributed by atoms with E-state index in [-0.39, 0.29) is 0 Å². The summed E-state index contributed by atoms with van der Waals surface area (Å²) in [6.45, 7) is 8.78. The Bertz CT molecular complexity index is 589. The average Bonchev–Trinajstić information content (AvgIpc) is 2.44. The molecular formula is C19H24ClN. The summed E-state index contributed by atoms with van der Waals surface area (Å²) in [5.74, 6) is 0. The number of benzene rings is 2. The lowest BCUT2D eigenvalue weighted by molar-refractivity contribution is 0.477. The Kier molecular flexibility index (Phi) is 5.44. The highest BCUT2D eigenvalue weighted by molar-refractivity contribution is 6.30. The Labute approximate surface area is 133 Å². The zero-order valence-electron chi connectivity index (χ0n) is 13.3. The zero-order valence-corrected chi connectivity index (χ0v) is 14.0. The fourth-order valence-corrected chi connectivity index (χ4v) is 2.72. The van der Waals surface area contributed by atoms with Gasteiger partial charge in [-0.3, -0.25) is 0 Å². The topological polar surface area (TPSA) is 12.0 Å². The van der Waals surface area contributed by atoms with E-state index in [0.29, 0.717) is 12.1 Å².